The minimum Gasteiger partial charge on any atom is -0.371 e. The monoisotopic (exact) mass is 292 g/mol. The summed E-state index contributed by atoms with van der Waals surface area (Å²) >= 11 is 0. The molecule has 0 unspecified atom stereocenters. The van der Waals surface area contributed by atoms with Crippen LogP contribution in [0.4, 0.5) is 13.2 Å². The number of halogens is 3. The summed E-state index contributed by atoms with van der Waals surface area (Å²) in [5.41, 5.74) is -2.54. The molecule has 2 heterocycles. The van der Waals surface area contributed by atoms with Crippen LogP contribution in [-0.4, -0.2) is 55.4 Å². The first kappa shape index (κ1) is 14.1. The normalized spacial score (nSPS) is 28.4. The van der Waals surface area contributed by atoms with Gasteiger partial charge in [-0.25, -0.2) is 0 Å². The first-order valence-electron chi connectivity index (χ1n) is 7.09. The van der Waals surface area contributed by atoms with Gasteiger partial charge in [-0.15, -0.1) is 0 Å². The Labute approximate surface area is 115 Å². The van der Waals surface area contributed by atoms with Crippen LogP contribution in [0.25, 0.3) is 0 Å². The van der Waals surface area contributed by atoms with E-state index in [0.29, 0.717) is 13.2 Å². The van der Waals surface area contributed by atoms with E-state index in [0.717, 1.165) is 12.8 Å². The Balaban J connectivity index is 1.81. The second kappa shape index (κ2) is 4.59. The van der Waals surface area contributed by atoms with Crippen molar-refractivity contribution in [3.8, 4) is 0 Å². The maximum absolute atomic E-state index is 13.5. The van der Waals surface area contributed by atoms with Crippen LogP contribution in [0.5, 0.6) is 0 Å². The number of rotatable bonds is 1. The number of nitrogens with one attached hydrogen (secondary N) is 1. The molecule has 0 aromatic rings. The number of amides is 1. The quantitative estimate of drug-likeness (QED) is 0.792. The second-order valence-corrected chi connectivity index (χ2v) is 6.09. The third kappa shape index (κ3) is 2.20. The third-order valence-electron chi connectivity index (χ3n) is 4.75. The molecule has 0 atom stereocenters. The molecule has 0 bridgehead atoms. The number of carbonyl (C=O) groups is 1. The fourth-order valence-electron chi connectivity index (χ4n) is 3.23. The lowest BCUT2D eigenvalue weighted by Gasteiger charge is -2.43. The number of piperidine rings is 1. The number of hydrogen-bond acceptors (Lipinski definition) is 3. The van der Waals surface area contributed by atoms with Gasteiger partial charge in [0.2, 0.25) is 5.91 Å². The van der Waals surface area contributed by atoms with E-state index >= 15 is 0 Å². The van der Waals surface area contributed by atoms with Gasteiger partial charge in [0.05, 0.1) is 12.2 Å². The molecule has 3 aliphatic rings. The Morgan fingerprint density at radius 1 is 1.15 bits per heavy atom. The molecule has 7 heteroatoms. The number of carbonyl (C=O) groups excluding carboxylic acids is 1. The van der Waals surface area contributed by atoms with Crippen LogP contribution in [0.1, 0.15) is 25.7 Å². The molecule has 1 amide bonds. The van der Waals surface area contributed by atoms with Gasteiger partial charge in [-0.3, -0.25) is 4.79 Å². The predicted molar refractivity (Wildman–Crippen MR) is 65.1 cm³/mol. The fourth-order valence-corrected chi connectivity index (χ4v) is 3.23. The Kier molecular flexibility index (Phi) is 3.25. The molecule has 2 saturated heterocycles. The highest BCUT2D eigenvalue weighted by molar-refractivity contribution is 5.84. The first-order chi connectivity index (χ1) is 9.39. The van der Waals surface area contributed by atoms with Crippen LogP contribution in [0.3, 0.4) is 0 Å². The molecule has 2 aliphatic heterocycles. The number of nitrogens with zero attached hydrogens (tertiary/aromatic N) is 1. The van der Waals surface area contributed by atoms with E-state index in [-0.39, 0.29) is 38.1 Å². The van der Waals surface area contributed by atoms with Crippen molar-refractivity contribution in [3.05, 3.63) is 0 Å². The van der Waals surface area contributed by atoms with Gasteiger partial charge in [0.25, 0.3) is 0 Å². The van der Waals surface area contributed by atoms with Gasteiger partial charge < -0.3 is 15.0 Å². The molecule has 20 heavy (non-hydrogen) atoms. The predicted octanol–water partition coefficient (Wildman–Crippen LogP) is 1.31. The Morgan fingerprint density at radius 2 is 1.80 bits per heavy atom. The molecule has 1 N–H and O–H groups in total. The highest BCUT2D eigenvalue weighted by Gasteiger charge is 2.62. The Bertz CT molecular complexity index is 401. The minimum absolute atomic E-state index is 0.167. The molecule has 0 aromatic carbocycles. The molecule has 1 saturated carbocycles. The summed E-state index contributed by atoms with van der Waals surface area (Å²) in [5.74, 6) is -0.749. The summed E-state index contributed by atoms with van der Waals surface area (Å²) in [4.78, 5) is 13.9. The molecule has 4 nitrogen and oxygen atoms in total. The molecular formula is C13H19F3N2O2. The topological polar surface area (TPSA) is 41.6 Å². The highest BCUT2D eigenvalue weighted by atomic mass is 19.4. The lowest BCUT2D eigenvalue weighted by atomic mass is 9.76. The number of alkyl halides is 3. The summed E-state index contributed by atoms with van der Waals surface area (Å²) in [6.45, 7) is 1.41. The van der Waals surface area contributed by atoms with E-state index in [4.69, 9.17) is 4.74 Å². The van der Waals surface area contributed by atoms with Crippen LogP contribution in [0, 0.1) is 5.41 Å². The average Bonchev–Trinajstić information content (AvgIpc) is 3.16. The minimum atomic E-state index is -4.48. The second-order valence-electron chi connectivity index (χ2n) is 6.09. The van der Waals surface area contributed by atoms with Gasteiger partial charge in [0.1, 0.15) is 5.41 Å². The molecule has 1 aliphatic carbocycles. The molecule has 3 rings (SSSR count). The molecule has 0 radical (unpaired) electrons. The average molecular weight is 292 g/mol. The summed E-state index contributed by atoms with van der Waals surface area (Å²) < 4.78 is 46.1. The molecule has 3 fully saturated rings. The lowest BCUT2D eigenvalue weighted by molar-refractivity contribution is -0.236. The molecule has 114 valence electrons. The molecule has 1 spiro atoms. The summed E-state index contributed by atoms with van der Waals surface area (Å²) in [5, 5.41) is 2.90. The maximum Gasteiger partial charge on any atom is 0.403 e. The summed E-state index contributed by atoms with van der Waals surface area (Å²) in [7, 11) is 0. The maximum atomic E-state index is 13.5. The largest absolute Gasteiger partial charge is 0.403 e. The summed E-state index contributed by atoms with van der Waals surface area (Å²) in [6.07, 6.45) is -3.13. The smallest absolute Gasteiger partial charge is 0.371 e. The molecular weight excluding hydrogens is 273 g/mol. The van der Waals surface area contributed by atoms with Crippen LogP contribution < -0.4 is 5.32 Å². The van der Waals surface area contributed by atoms with E-state index in [1.807, 2.05) is 0 Å². The van der Waals surface area contributed by atoms with Crippen molar-refractivity contribution >= 4 is 5.91 Å². The van der Waals surface area contributed by atoms with E-state index in [9.17, 15) is 18.0 Å². The van der Waals surface area contributed by atoms with Crippen molar-refractivity contribution < 1.29 is 22.7 Å². The van der Waals surface area contributed by atoms with E-state index in [2.05, 4.69) is 5.32 Å². The van der Waals surface area contributed by atoms with E-state index in [1.165, 1.54) is 4.90 Å². The number of ether oxygens (including phenoxy) is 1. The van der Waals surface area contributed by atoms with Gasteiger partial charge in [-0.1, -0.05) is 0 Å². The van der Waals surface area contributed by atoms with Crippen molar-refractivity contribution in [3.63, 3.8) is 0 Å². The van der Waals surface area contributed by atoms with Gasteiger partial charge in [0.15, 0.2) is 0 Å². The van der Waals surface area contributed by atoms with Gasteiger partial charge >= 0.3 is 6.18 Å². The van der Waals surface area contributed by atoms with Crippen LogP contribution in [-0.2, 0) is 9.53 Å². The van der Waals surface area contributed by atoms with Crippen molar-refractivity contribution in [1.82, 2.24) is 10.2 Å². The SMILES string of the molecule is O=C(N1CCOC2(CC2)C1)C1(C(F)(F)F)CCNCC1. The van der Waals surface area contributed by atoms with E-state index in [1.54, 1.807) is 0 Å². The van der Waals surface area contributed by atoms with Crippen molar-refractivity contribution in [2.45, 2.75) is 37.5 Å². The first-order valence-corrected chi connectivity index (χ1v) is 7.09. The standard InChI is InChI=1S/C13H19F3N2O2/c14-13(15,16)12(3-5-17-6-4-12)10(19)18-7-8-20-11(9-18)1-2-11/h17H,1-9H2. The zero-order valence-electron chi connectivity index (χ0n) is 11.3. The van der Waals surface area contributed by atoms with Crippen LogP contribution in [0.2, 0.25) is 0 Å². The lowest BCUT2D eigenvalue weighted by Crippen LogP contribution is -2.59. The van der Waals surface area contributed by atoms with Crippen LogP contribution >= 0.6 is 0 Å². The van der Waals surface area contributed by atoms with Gasteiger partial charge in [-0.2, -0.15) is 13.2 Å². The Hall–Kier alpha value is -0.820. The number of hydrogen-bond donors (Lipinski definition) is 1. The van der Waals surface area contributed by atoms with Crippen LogP contribution in [0.15, 0.2) is 0 Å². The van der Waals surface area contributed by atoms with Gasteiger partial charge in [0, 0.05) is 13.1 Å². The fraction of sp³-hybridized carbons (Fsp3) is 0.923. The van der Waals surface area contributed by atoms with Crippen molar-refractivity contribution in [2.75, 3.05) is 32.8 Å². The van der Waals surface area contributed by atoms with Crippen molar-refractivity contribution in [2.24, 2.45) is 5.41 Å². The van der Waals surface area contributed by atoms with Gasteiger partial charge in [-0.05, 0) is 38.8 Å². The zero-order valence-corrected chi connectivity index (χ0v) is 11.3. The van der Waals surface area contributed by atoms with E-state index < -0.39 is 17.5 Å². The highest BCUT2D eigenvalue weighted by Crippen LogP contribution is 2.48. The summed E-state index contributed by atoms with van der Waals surface area (Å²) in [6, 6.07) is 0. The molecule has 0 aromatic heterocycles. The third-order valence-corrected chi connectivity index (χ3v) is 4.75. The Morgan fingerprint density at radius 3 is 2.35 bits per heavy atom. The number of morpholine rings is 1. The zero-order chi connectivity index (χ0) is 14.4. The van der Waals surface area contributed by atoms with Crippen molar-refractivity contribution in [1.29, 1.82) is 0 Å².